The number of amides is 4. The van der Waals surface area contributed by atoms with Crippen LogP contribution in [-0.4, -0.2) is 53.0 Å². The third-order valence-corrected chi connectivity index (χ3v) is 2.96. The summed E-state index contributed by atoms with van der Waals surface area (Å²) >= 11 is 0. The molecule has 0 saturated carbocycles. The van der Waals surface area contributed by atoms with Crippen LogP contribution in [0.25, 0.3) is 0 Å². The quantitative estimate of drug-likeness (QED) is 0.576. The Hall–Kier alpha value is -2.12. The highest BCUT2D eigenvalue weighted by molar-refractivity contribution is 6.03. The second-order valence-corrected chi connectivity index (χ2v) is 4.48. The molecule has 1 saturated heterocycles. The molecule has 4 amide bonds. The summed E-state index contributed by atoms with van der Waals surface area (Å²) in [7, 11) is 0. The Bertz CT molecular complexity index is 409. The highest BCUT2D eigenvalue weighted by Crippen LogP contribution is 2.05. The van der Waals surface area contributed by atoms with Gasteiger partial charge in [-0.05, 0) is 13.3 Å². The average Bonchev–Trinajstić information content (AvgIpc) is 2.33. The molecule has 0 radical (unpaired) electrons. The van der Waals surface area contributed by atoms with Gasteiger partial charge in [0, 0.05) is 6.54 Å². The van der Waals surface area contributed by atoms with Crippen LogP contribution in [0.4, 0.5) is 4.79 Å². The van der Waals surface area contributed by atoms with Crippen molar-refractivity contribution in [3.63, 3.8) is 0 Å². The SMILES string of the molecule is CC(CCNC(=O)N1CC(=O)NC(=O)C1C)C(=O)O. The smallest absolute Gasteiger partial charge is 0.318 e. The summed E-state index contributed by atoms with van der Waals surface area (Å²) < 4.78 is 0. The van der Waals surface area contributed by atoms with Gasteiger partial charge in [0.15, 0.2) is 0 Å². The molecule has 19 heavy (non-hydrogen) atoms. The topological polar surface area (TPSA) is 116 Å². The Balaban J connectivity index is 2.46. The fraction of sp³-hybridized carbons (Fsp3) is 0.636. The zero-order valence-corrected chi connectivity index (χ0v) is 10.8. The van der Waals surface area contributed by atoms with Gasteiger partial charge in [0.2, 0.25) is 11.8 Å². The molecular formula is C11H17N3O5. The molecule has 1 heterocycles. The summed E-state index contributed by atoms with van der Waals surface area (Å²) in [5, 5.41) is 13.3. The first-order valence-corrected chi connectivity index (χ1v) is 5.94. The van der Waals surface area contributed by atoms with Crippen molar-refractivity contribution in [2.24, 2.45) is 5.92 Å². The second kappa shape index (κ2) is 6.17. The molecule has 0 aromatic rings. The number of urea groups is 1. The highest BCUT2D eigenvalue weighted by Gasteiger charge is 2.33. The van der Waals surface area contributed by atoms with E-state index < -0.39 is 35.8 Å². The van der Waals surface area contributed by atoms with Crippen LogP contribution in [0.15, 0.2) is 0 Å². The van der Waals surface area contributed by atoms with Crippen LogP contribution in [0.1, 0.15) is 20.3 Å². The molecule has 8 heteroatoms. The Morgan fingerprint density at radius 2 is 2.16 bits per heavy atom. The molecule has 2 atom stereocenters. The fourth-order valence-corrected chi connectivity index (χ4v) is 1.58. The first-order valence-electron chi connectivity index (χ1n) is 5.94. The number of nitrogens with one attached hydrogen (secondary N) is 2. The van der Waals surface area contributed by atoms with Crippen molar-refractivity contribution in [1.29, 1.82) is 0 Å². The van der Waals surface area contributed by atoms with Crippen LogP contribution in [-0.2, 0) is 14.4 Å². The highest BCUT2D eigenvalue weighted by atomic mass is 16.4. The van der Waals surface area contributed by atoms with Crippen molar-refractivity contribution >= 4 is 23.8 Å². The van der Waals surface area contributed by atoms with E-state index >= 15 is 0 Å². The normalized spacial score (nSPS) is 20.7. The molecule has 1 aliphatic heterocycles. The molecule has 2 unspecified atom stereocenters. The molecule has 1 rings (SSSR count). The van der Waals surface area contributed by atoms with Gasteiger partial charge in [-0.15, -0.1) is 0 Å². The third-order valence-electron chi connectivity index (χ3n) is 2.96. The molecule has 0 aliphatic carbocycles. The number of nitrogens with zero attached hydrogens (tertiary/aromatic N) is 1. The lowest BCUT2D eigenvalue weighted by atomic mass is 10.1. The van der Waals surface area contributed by atoms with E-state index in [2.05, 4.69) is 10.6 Å². The fourth-order valence-electron chi connectivity index (χ4n) is 1.58. The van der Waals surface area contributed by atoms with E-state index in [0.717, 1.165) is 4.90 Å². The summed E-state index contributed by atoms with van der Waals surface area (Å²) in [6.45, 7) is 3.04. The standard InChI is InChI=1S/C11H17N3O5/c1-6(10(17)18)3-4-12-11(19)14-5-8(15)13-9(16)7(14)2/h6-7H,3-5H2,1-2H3,(H,12,19)(H,17,18)(H,13,15,16). The van der Waals surface area contributed by atoms with E-state index in [4.69, 9.17) is 5.11 Å². The van der Waals surface area contributed by atoms with E-state index in [1.165, 1.54) is 13.8 Å². The van der Waals surface area contributed by atoms with E-state index in [1.54, 1.807) is 0 Å². The number of imide groups is 1. The van der Waals surface area contributed by atoms with Crippen molar-refractivity contribution < 1.29 is 24.3 Å². The maximum atomic E-state index is 11.8. The number of carbonyl (C=O) groups is 4. The number of aliphatic carboxylic acids is 1. The zero-order chi connectivity index (χ0) is 14.6. The van der Waals surface area contributed by atoms with Crippen molar-refractivity contribution in [2.75, 3.05) is 13.1 Å². The van der Waals surface area contributed by atoms with Gasteiger partial charge < -0.3 is 15.3 Å². The van der Waals surface area contributed by atoms with Crippen molar-refractivity contribution in [3.8, 4) is 0 Å². The van der Waals surface area contributed by atoms with Gasteiger partial charge in [-0.2, -0.15) is 0 Å². The molecule has 0 spiro atoms. The van der Waals surface area contributed by atoms with Crippen LogP contribution in [0.3, 0.4) is 0 Å². The van der Waals surface area contributed by atoms with E-state index in [1.807, 2.05) is 0 Å². The number of piperazine rings is 1. The van der Waals surface area contributed by atoms with Crippen LogP contribution >= 0.6 is 0 Å². The lowest BCUT2D eigenvalue weighted by molar-refractivity contribution is -0.141. The maximum absolute atomic E-state index is 11.8. The Labute approximate surface area is 110 Å². The molecular weight excluding hydrogens is 254 g/mol. The number of hydrogen-bond acceptors (Lipinski definition) is 4. The lowest BCUT2D eigenvalue weighted by Gasteiger charge is -2.31. The van der Waals surface area contributed by atoms with Crippen LogP contribution < -0.4 is 10.6 Å². The molecule has 8 nitrogen and oxygen atoms in total. The molecule has 0 aromatic carbocycles. The minimum atomic E-state index is -0.935. The van der Waals surface area contributed by atoms with Crippen LogP contribution in [0, 0.1) is 5.92 Å². The predicted molar refractivity (Wildman–Crippen MR) is 64.1 cm³/mol. The molecule has 0 bridgehead atoms. The first kappa shape index (κ1) is 14.9. The Kier molecular flexibility index (Phi) is 4.85. The van der Waals surface area contributed by atoms with Gasteiger partial charge in [-0.3, -0.25) is 19.7 Å². The summed E-state index contributed by atoms with van der Waals surface area (Å²) in [6, 6.07) is -1.28. The third kappa shape index (κ3) is 3.94. The summed E-state index contributed by atoms with van der Waals surface area (Å²) in [6.07, 6.45) is 0.281. The second-order valence-electron chi connectivity index (χ2n) is 4.48. The van der Waals surface area contributed by atoms with Gasteiger partial charge >= 0.3 is 12.0 Å². The predicted octanol–water partition coefficient (Wildman–Crippen LogP) is -0.846. The maximum Gasteiger partial charge on any atom is 0.318 e. The number of rotatable bonds is 4. The summed E-state index contributed by atoms with van der Waals surface area (Å²) in [5.41, 5.74) is 0. The van der Waals surface area contributed by atoms with E-state index in [0.29, 0.717) is 0 Å². The Morgan fingerprint density at radius 1 is 1.53 bits per heavy atom. The van der Waals surface area contributed by atoms with Gasteiger partial charge in [0.1, 0.15) is 12.6 Å². The minimum Gasteiger partial charge on any atom is -0.481 e. The molecule has 1 fully saturated rings. The van der Waals surface area contributed by atoms with Crippen molar-refractivity contribution in [3.05, 3.63) is 0 Å². The molecule has 1 aliphatic rings. The summed E-state index contributed by atoms with van der Waals surface area (Å²) in [4.78, 5) is 46.0. The van der Waals surface area contributed by atoms with Crippen LogP contribution in [0.2, 0.25) is 0 Å². The van der Waals surface area contributed by atoms with Gasteiger partial charge in [0.25, 0.3) is 0 Å². The average molecular weight is 271 g/mol. The van der Waals surface area contributed by atoms with Crippen molar-refractivity contribution in [1.82, 2.24) is 15.5 Å². The summed E-state index contributed by atoms with van der Waals surface area (Å²) in [5.74, 6) is -2.55. The number of carboxylic acid groups (broad SMARTS) is 1. The minimum absolute atomic E-state index is 0.172. The monoisotopic (exact) mass is 271 g/mol. The number of hydrogen-bond donors (Lipinski definition) is 3. The largest absolute Gasteiger partial charge is 0.481 e. The molecule has 3 N–H and O–H groups in total. The van der Waals surface area contributed by atoms with E-state index in [-0.39, 0.29) is 19.5 Å². The lowest BCUT2D eigenvalue weighted by Crippen LogP contribution is -2.60. The van der Waals surface area contributed by atoms with Crippen LogP contribution in [0.5, 0.6) is 0 Å². The Morgan fingerprint density at radius 3 is 2.74 bits per heavy atom. The van der Waals surface area contributed by atoms with Gasteiger partial charge in [-0.1, -0.05) is 6.92 Å². The van der Waals surface area contributed by atoms with Crippen molar-refractivity contribution in [2.45, 2.75) is 26.3 Å². The van der Waals surface area contributed by atoms with Gasteiger partial charge in [0.05, 0.1) is 5.92 Å². The molecule has 106 valence electrons. The number of carbonyl (C=O) groups excluding carboxylic acids is 3. The van der Waals surface area contributed by atoms with E-state index in [9.17, 15) is 19.2 Å². The molecule has 0 aromatic heterocycles. The zero-order valence-electron chi connectivity index (χ0n) is 10.8. The van der Waals surface area contributed by atoms with Gasteiger partial charge in [-0.25, -0.2) is 4.79 Å². The number of carboxylic acids is 1. The first-order chi connectivity index (χ1) is 8.82.